The number of benzene rings is 1. The van der Waals surface area contributed by atoms with Gasteiger partial charge in [-0.15, -0.1) is 0 Å². The molecule has 0 unspecified atom stereocenters. The molecule has 0 radical (unpaired) electrons. The maximum atomic E-state index is 12.5. The second-order valence-electron chi connectivity index (χ2n) is 5.92. The number of ether oxygens (including phenoxy) is 2. The summed E-state index contributed by atoms with van der Waals surface area (Å²) in [5, 5.41) is 0. The summed E-state index contributed by atoms with van der Waals surface area (Å²) >= 11 is 0. The van der Waals surface area contributed by atoms with Crippen LogP contribution < -0.4 is 9.47 Å². The molecule has 5 nitrogen and oxygen atoms in total. The molecular formula is C18H25NO4. The SMILES string of the molecule is COc1cc(C(C)=O)ccc1O[C@H](C)C(=O)N1CCCCCC1. The fraction of sp³-hybridized carbons (Fsp3) is 0.556. The average Bonchev–Trinajstić information content (AvgIpc) is 2.83. The van der Waals surface area contributed by atoms with Crippen LogP contribution in [0, 0.1) is 0 Å². The first-order valence-corrected chi connectivity index (χ1v) is 8.17. The van der Waals surface area contributed by atoms with Crippen molar-refractivity contribution in [2.24, 2.45) is 0 Å². The van der Waals surface area contributed by atoms with Crippen LogP contribution in [0.25, 0.3) is 0 Å². The number of Topliss-reactive ketones (excluding diaryl/α,β-unsaturated/α-hetero) is 1. The monoisotopic (exact) mass is 319 g/mol. The summed E-state index contributed by atoms with van der Waals surface area (Å²) in [7, 11) is 1.52. The molecule has 126 valence electrons. The Morgan fingerprint density at radius 3 is 2.30 bits per heavy atom. The van der Waals surface area contributed by atoms with E-state index < -0.39 is 6.10 Å². The van der Waals surface area contributed by atoms with Crippen LogP contribution in [-0.2, 0) is 4.79 Å². The van der Waals surface area contributed by atoms with Gasteiger partial charge in [-0.3, -0.25) is 9.59 Å². The largest absolute Gasteiger partial charge is 0.493 e. The van der Waals surface area contributed by atoms with Gasteiger partial charge >= 0.3 is 0 Å². The van der Waals surface area contributed by atoms with Gasteiger partial charge in [0, 0.05) is 18.7 Å². The number of hydrogen-bond acceptors (Lipinski definition) is 4. The van der Waals surface area contributed by atoms with Crippen molar-refractivity contribution in [3.8, 4) is 11.5 Å². The maximum Gasteiger partial charge on any atom is 0.263 e. The van der Waals surface area contributed by atoms with E-state index in [9.17, 15) is 9.59 Å². The zero-order valence-corrected chi connectivity index (χ0v) is 14.1. The third-order valence-corrected chi connectivity index (χ3v) is 4.14. The van der Waals surface area contributed by atoms with E-state index in [4.69, 9.17) is 9.47 Å². The lowest BCUT2D eigenvalue weighted by Gasteiger charge is -2.25. The minimum Gasteiger partial charge on any atom is -0.493 e. The van der Waals surface area contributed by atoms with Crippen LogP contribution in [0.3, 0.4) is 0 Å². The van der Waals surface area contributed by atoms with E-state index in [-0.39, 0.29) is 11.7 Å². The highest BCUT2D eigenvalue weighted by atomic mass is 16.5. The van der Waals surface area contributed by atoms with Crippen LogP contribution in [0.15, 0.2) is 18.2 Å². The number of carbonyl (C=O) groups excluding carboxylic acids is 2. The standard InChI is InChI=1S/C18H25NO4/c1-13(20)15-8-9-16(17(12-15)22-3)23-14(2)18(21)19-10-6-4-5-7-11-19/h8-9,12,14H,4-7,10-11H2,1-3H3/t14-/m1/s1. The predicted molar refractivity (Wildman–Crippen MR) is 88.1 cm³/mol. The lowest BCUT2D eigenvalue weighted by atomic mass is 10.1. The van der Waals surface area contributed by atoms with Crippen LogP contribution >= 0.6 is 0 Å². The van der Waals surface area contributed by atoms with Crippen molar-refractivity contribution in [1.82, 2.24) is 4.90 Å². The Morgan fingerprint density at radius 1 is 1.09 bits per heavy atom. The summed E-state index contributed by atoms with van der Waals surface area (Å²) in [6.45, 7) is 4.85. The molecule has 1 amide bonds. The number of amides is 1. The Labute approximate surface area is 137 Å². The second kappa shape index (κ2) is 7.99. The molecule has 1 heterocycles. The van der Waals surface area contributed by atoms with Gasteiger partial charge in [-0.1, -0.05) is 12.8 Å². The first kappa shape index (κ1) is 17.3. The first-order chi connectivity index (χ1) is 11.0. The molecule has 23 heavy (non-hydrogen) atoms. The molecule has 1 aromatic carbocycles. The average molecular weight is 319 g/mol. The Morgan fingerprint density at radius 2 is 1.74 bits per heavy atom. The smallest absolute Gasteiger partial charge is 0.263 e. The molecule has 1 aliphatic rings. The van der Waals surface area contributed by atoms with Gasteiger partial charge in [0.15, 0.2) is 23.4 Å². The number of carbonyl (C=O) groups is 2. The van der Waals surface area contributed by atoms with E-state index in [0.717, 1.165) is 25.9 Å². The molecule has 0 bridgehead atoms. The molecule has 1 atom stereocenters. The number of nitrogens with zero attached hydrogens (tertiary/aromatic N) is 1. The Bertz CT molecular complexity index is 562. The van der Waals surface area contributed by atoms with Crippen LogP contribution in [0.5, 0.6) is 11.5 Å². The molecule has 0 spiro atoms. The highest BCUT2D eigenvalue weighted by Crippen LogP contribution is 2.29. The number of likely N-dealkylation sites (tertiary alicyclic amines) is 1. The molecule has 0 aliphatic carbocycles. The molecule has 0 N–H and O–H groups in total. The molecule has 1 aromatic rings. The summed E-state index contributed by atoms with van der Waals surface area (Å²) in [6, 6.07) is 5.01. The minimum absolute atomic E-state index is 0.00426. The number of rotatable bonds is 5. The topological polar surface area (TPSA) is 55.8 Å². The van der Waals surface area contributed by atoms with Gasteiger partial charge in [0.1, 0.15) is 0 Å². The molecule has 1 saturated heterocycles. The van der Waals surface area contributed by atoms with E-state index in [1.165, 1.54) is 26.9 Å². The van der Waals surface area contributed by atoms with Crippen LogP contribution in [-0.4, -0.2) is 42.9 Å². The molecule has 1 aliphatic heterocycles. The van der Waals surface area contributed by atoms with E-state index in [1.54, 1.807) is 25.1 Å². The van der Waals surface area contributed by atoms with Crippen molar-refractivity contribution < 1.29 is 19.1 Å². The van der Waals surface area contributed by atoms with Crippen molar-refractivity contribution in [3.05, 3.63) is 23.8 Å². The predicted octanol–water partition coefficient (Wildman–Crippen LogP) is 3.07. The highest BCUT2D eigenvalue weighted by Gasteiger charge is 2.24. The number of ketones is 1. The van der Waals surface area contributed by atoms with E-state index in [2.05, 4.69) is 0 Å². The lowest BCUT2D eigenvalue weighted by molar-refractivity contribution is -0.137. The van der Waals surface area contributed by atoms with Crippen molar-refractivity contribution in [1.29, 1.82) is 0 Å². The van der Waals surface area contributed by atoms with E-state index >= 15 is 0 Å². The van der Waals surface area contributed by atoms with Crippen LogP contribution in [0.1, 0.15) is 49.9 Å². The molecule has 0 aromatic heterocycles. The first-order valence-electron chi connectivity index (χ1n) is 8.17. The summed E-state index contributed by atoms with van der Waals surface area (Å²) in [5.41, 5.74) is 0.556. The van der Waals surface area contributed by atoms with E-state index in [0.29, 0.717) is 17.1 Å². The minimum atomic E-state index is -0.579. The number of hydrogen-bond donors (Lipinski definition) is 0. The quantitative estimate of drug-likeness (QED) is 0.783. The summed E-state index contributed by atoms with van der Waals surface area (Å²) in [5.74, 6) is 0.912. The van der Waals surface area contributed by atoms with Crippen molar-refractivity contribution in [3.63, 3.8) is 0 Å². The van der Waals surface area contributed by atoms with Gasteiger partial charge in [0.25, 0.3) is 5.91 Å². The molecule has 5 heteroatoms. The Balaban J connectivity index is 2.08. The van der Waals surface area contributed by atoms with Crippen molar-refractivity contribution in [2.45, 2.75) is 45.6 Å². The zero-order chi connectivity index (χ0) is 16.8. The fourth-order valence-electron chi connectivity index (χ4n) is 2.77. The van der Waals surface area contributed by atoms with Gasteiger partial charge in [-0.05, 0) is 44.9 Å². The van der Waals surface area contributed by atoms with Gasteiger partial charge in [-0.25, -0.2) is 0 Å². The van der Waals surface area contributed by atoms with Gasteiger partial charge in [0.05, 0.1) is 7.11 Å². The molecule has 1 fully saturated rings. The van der Waals surface area contributed by atoms with Gasteiger partial charge in [0.2, 0.25) is 0 Å². The summed E-state index contributed by atoms with van der Waals surface area (Å²) in [4.78, 5) is 25.9. The van der Waals surface area contributed by atoms with E-state index in [1.807, 2.05) is 4.90 Å². The summed E-state index contributed by atoms with van der Waals surface area (Å²) < 4.78 is 11.1. The van der Waals surface area contributed by atoms with Crippen molar-refractivity contribution in [2.75, 3.05) is 20.2 Å². The van der Waals surface area contributed by atoms with Crippen LogP contribution in [0.4, 0.5) is 0 Å². The van der Waals surface area contributed by atoms with Crippen molar-refractivity contribution >= 4 is 11.7 Å². The Kier molecular flexibility index (Phi) is 6.02. The third-order valence-electron chi connectivity index (χ3n) is 4.14. The molecule has 0 saturated carbocycles. The molecular weight excluding hydrogens is 294 g/mol. The fourth-order valence-corrected chi connectivity index (χ4v) is 2.77. The Hall–Kier alpha value is -2.04. The maximum absolute atomic E-state index is 12.5. The zero-order valence-electron chi connectivity index (χ0n) is 14.1. The van der Waals surface area contributed by atoms with Gasteiger partial charge < -0.3 is 14.4 Å². The lowest BCUT2D eigenvalue weighted by Crippen LogP contribution is -2.41. The second-order valence-corrected chi connectivity index (χ2v) is 5.92. The van der Waals surface area contributed by atoms with Gasteiger partial charge in [-0.2, -0.15) is 0 Å². The normalized spacial score (nSPS) is 16.4. The summed E-state index contributed by atoms with van der Waals surface area (Å²) in [6.07, 6.45) is 3.88. The van der Waals surface area contributed by atoms with Crippen LogP contribution in [0.2, 0.25) is 0 Å². The number of methoxy groups -OCH3 is 1. The highest BCUT2D eigenvalue weighted by molar-refractivity contribution is 5.94. The third kappa shape index (κ3) is 4.47. The molecule has 2 rings (SSSR count).